The third kappa shape index (κ3) is 6.09. The third-order valence-electron chi connectivity index (χ3n) is 5.60. The number of hydrogen-bond donors (Lipinski definition) is 4. The number of carboxylic acids is 1. The zero-order chi connectivity index (χ0) is 25.0. The second kappa shape index (κ2) is 10.3. The lowest BCUT2D eigenvalue weighted by Gasteiger charge is -2.28. The number of aliphatic carboxylic acids is 1. The number of hydrogen-bond acceptors (Lipinski definition) is 8. The van der Waals surface area contributed by atoms with E-state index < -0.39 is 12.1 Å². The molecule has 4 aromatic heterocycles. The van der Waals surface area contributed by atoms with Crippen molar-refractivity contribution in [3.63, 3.8) is 0 Å². The standard InChI is InChI=1S/C18H21N9S.C2HF3O2/c19-17-24-18(26-25-17)28-9-11-1-3-13(4-2-11)27-8-12(7-23-27)15-14-5-6-20-16(14)22-10-21-15;3-2(4,5)1(6)7/h5-8,10-11,13H,1-4,9H2,(H,20,21,22)(H3,19,24,25,26);(H,6,7)/t11-,13+;. The molecule has 5 rings (SSSR count). The van der Waals surface area contributed by atoms with E-state index in [9.17, 15) is 13.2 Å². The molecule has 15 heteroatoms. The highest BCUT2D eigenvalue weighted by Crippen LogP contribution is 2.35. The Hall–Kier alpha value is -3.62. The maximum absolute atomic E-state index is 10.6. The van der Waals surface area contributed by atoms with Crippen LogP contribution in [-0.2, 0) is 4.79 Å². The lowest BCUT2D eigenvalue weighted by Crippen LogP contribution is -2.21. The Morgan fingerprint density at radius 2 is 1.97 bits per heavy atom. The van der Waals surface area contributed by atoms with Crippen LogP contribution in [0.3, 0.4) is 0 Å². The molecule has 1 fully saturated rings. The van der Waals surface area contributed by atoms with Gasteiger partial charge < -0.3 is 20.8 Å². The van der Waals surface area contributed by atoms with Gasteiger partial charge >= 0.3 is 12.1 Å². The second-order valence-corrected chi connectivity index (χ2v) is 8.98. The maximum Gasteiger partial charge on any atom is 0.490 e. The highest BCUT2D eigenvalue weighted by molar-refractivity contribution is 7.99. The number of rotatable bonds is 5. The van der Waals surface area contributed by atoms with E-state index in [0.717, 1.165) is 46.0 Å². The van der Waals surface area contributed by atoms with E-state index >= 15 is 0 Å². The highest BCUT2D eigenvalue weighted by Gasteiger charge is 2.38. The number of carbonyl (C=O) groups is 1. The number of thioether (sulfide) groups is 1. The van der Waals surface area contributed by atoms with Gasteiger partial charge in [0.2, 0.25) is 5.95 Å². The molecular formula is C20H22F3N9O2S. The minimum atomic E-state index is -5.08. The van der Waals surface area contributed by atoms with Gasteiger partial charge in [0.1, 0.15) is 12.0 Å². The fraction of sp³-hybridized carbons (Fsp3) is 0.400. The average Bonchev–Trinajstić information content (AvgIpc) is 3.58. The molecule has 0 bridgehead atoms. The van der Waals surface area contributed by atoms with Gasteiger partial charge in [0.05, 0.1) is 17.9 Å². The van der Waals surface area contributed by atoms with Crippen molar-refractivity contribution in [2.45, 2.75) is 43.1 Å². The maximum atomic E-state index is 10.6. The number of H-pyrrole nitrogens is 2. The highest BCUT2D eigenvalue weighted by atomic mass is 32.2. The summed E-state index contributed by atoms with van der Waals surface area (Å²) in [5, 5.41) is 21.4. The molecule has 0 saturated heterocycles. The minimum absolute atomic E-state index is 0.376. The number of nitrogen functional groups attached to an aromatic ring is 1. The van der Waals surface area contributed by atoms with Crippen LogP contribution in [0.2, 0.25) is 0 Å². The summed E-state index contributed by atoms with van der Waals surface area (Å²) in [6.07, 6.45) is 7.06. The third-order valence-corrected chi connectivity index (χ3v) is 6.70. The van der Waals surface area contributed by atoms with Crippen LogP contribution in [0.1, 0.15) is 31.7 Å². The number of halogens is 3. The van der Waals surface area contributed by atoms with Crippen LogP contribution in [0.4, 0.5) is 19.1 Å². The Balaban J connectivity index is 0.000000364. The Bertz CT molecular complexity index is 1280. The zero-order valence-corrected chi connectivity index (χ0v) is 19.1. The Labute approximate surface area is 200 Å². The number of aromatic amines is 2. The number of nitrogens with zero attached hydrogens (tertiary/aromatic N) is 6. The second-order valence-electron chi connectivity index (χ2n) is 7.98. The van der Waals surface area contributed by atoms with Gasteiger partial charge in [-0.15, -0.1) is 10.2 Å². The topological polar surface area (TPSA) is 164 Å². The molecule has 1 aliphatic rings. The Morgan fingerprint density at radius 3 is 2.63 bits per heavy atom. The lowest BCUT2D eigenvalue weighted by atomic mass is 9.87. The average molecular weight is 510 g/mol. The van der Waals surface area contributed by atoms with Gasteiger partial charge in [-0.2, -0.15) is 18.3 Å². The predicted molar refractivity (Wildman–Crippen MR) is 121 cm³/mol. The van der Waals surface area contributed by atoms with E-state index in [4.69, 9.17) is 15.6 Å². The van der Waals surface area contributed by atoms with Crippen molar-refractivity contribution < 1.29 is 23.1 Å². The summed E-state index contributed by atoms with van der Waals surface area (Å²) in [7, 11) is 0. The Morgan fingerprint density at radius 1 is 1.23 bits per heavy atom. The SMILES string of the molecule is Nc1nnc(SC[C@H]2CC[C@@H](n3cc(-c4ncnc5[nH]ccc45)cn3)CC2)[nH]1.O=C(O)C(F)(F)F. The summed E-state index contributed by atoms with van der Waals surface area (Å²) in [6.45, 7) is 0. The molecule has 1 saturated carbocycles. The van der Waals surface area contributed by atoms with Crippen LogP contribution in [0.25, 0.3) is 22.3 Å². The molecular weight excluding hydrogens is 487 g/mol. The largest absolute Gasteiger partial charge is 0.490 e. The van der Waals surface area contributed by atoms with Gasteiger partial charge in [0.25, 0.3) is 0 Å². The minimum Gasteiger partial charge on any atom is -0.475 e. The van der Waals surface area contributed by atoms with Gasteiger partial charge in [0, 0.05) is 29.1 Å². The number of alkyl halides is 3. The first kappa shape index (κ1) is 24.5. The number of fused-ring (bicyclic) bond motifs is 1. The number of nitrogens with two attached hydrogens (primary N) is 1. The van der Waals surface area contributed by atoms with Crippen molar-refractivity contribution in [2.75, 3.05) is 11.5 Å². The number of aromatic nitrogens is 8. The van der Waals surface area contributed by atoms with Crippen LogP contribution in [0.5, 0.6) is 0 Å². The van der Waals surface area contributed by atoms with E-state index in [-0.39, 0.29) is 0 Å². The molecule has 4 aromatic rings. The summed E-state index contributed by atoms with van der Waals surface area (Å²) >= 11 is 1.70. The molecule has 0 aliphatic heterocycles. The van der Waals surface area contributed by atoms with E-state index in [1.165, 1.54) is 12.8 Å². The molecule has 186 valence electrons. The van der Waals surface area contributed by atoms with Gasteiger partial charge in [-0.05, 0) is 37.7 Å². The molecule has 4 heterocycles. The zero-order valence-electron chi connectivity index (χ0n) is 18.2. The van der Waals surface area contributed by atoms with E-state index in [0.29, 0.717) is 17.9 Å². The van der Waals surface area contributed by atoms with Crippen LogP contribution in [-0.4, -0.2) is 62.9 Å². The molecule has 1 aliphatic carbocycles. The summed E-state index contributed by atoms with van der Waals surface area (Å²) in [4.78, 5) is 23.7. The molecule has 35 heavy (non-hydrogen) atoms. The molecule has 0 amide bonds. The first-order chi connectivity index (χ1) is 16.7. The first-order valence-corrected chi connectivity index (χ1v) is 11.6. The van der Waals surface area contributed by atoms with Gasteiger partial charge in [-0.25, -0.2) is 14.8 Å². The predicted octanol–water partition coefficient (Wildman–Crippen LogP) is 3.68. The smallest absolute Gasteiger partial charge is 0.475 e. The van der Waals surface area contributed by atoms with E-state index in [1.54, 1.807) is 18.1 Å². The number of nitrogens with one attached hydrogen (secondary N) is 2. The van der Waals surface area contributed by atoms with Gasteiger partial charge in [-0.3, -0.25) is 4.68 Å². The van der Waals surface area contributed by atoms with Crippen molar-refractivity contribution in [2.24, 2.45) is 5.92 Å². The quantitative estimate of drug-likeness (QED) is 0.294. The van der Waals surface area contributed by atoms with Crippen LogP contribution in [0.15, 0.2) is 36.1 Å². The lowest BCUT2D eigenvalue weighted by molar-refractivity contribution is -0.192. The molecule has 11 nitrogen and oxygen atoms in total. The summed E-state index contributed by atoms with van der Waals surface area (Å²) in [5.74, 6) is -0.657. The first-order valence-electron chi connectivity index (χ1n) is 10.6. The fourth-order valence-electron chi connectivity index (χ4n) is 3.86. The van der Waals surface area contributed by atoms with Gasteiger partial charge in [-0.1, -0.05) is 11.8 Å². The number of anilines is 1. The van der Waals surface area contributed by atoms with Crippen LogP contribution >= 0.6 is 11.8 Å². The van der Waals surface area contributed by atoms with Crippen molar-refractivity contribution in [1.29, 1.82) is 0 Å². The summed E-state index contributed by atoms with van der Waals surface area (Å²) < 4.78 is 33.8. The van der Waals surface area contributed by atoms with Crippen molar-refractivity contribution in [1.82, 2.24) is 39.9 Å². The van der Waals surface area contributed by atoms with Crippen LogP contribution < -0.4 is 5.73 Å². The van der Waals surface area contributed by atoms with Crippen LogP contribution in [0, 0.1) is 5.92 Å². The van der Waals surface area contributed by atoms with E-state index in [2.05, 4.69) is 46.1 Å². The van der Waals surface area contributed by atoms with Gasteiger partial charge in [0.15, 0.2) is 5.16 Å². The molecule has 5 N–H and O–H groups in total. The fourth-order valence-corrected chi connectivity index (χ4v) is 4.86. The summed E-state index contributed by atoms with van der Waals surface area (Å²) in [5.41, 5.74) is 8.39. The monoisotopic (exact) mass is 509 g/mol. The number of carboxylic acid groups (broad SMARTS) is 1. The van der Waals surface area contributed by atoms with E-state index in [1.807, 2.05) is 18.5 Å². The molecule has 0 radical (unpaired) electrons. The molecule has 0 aromatic carbocycles. The van der Waals surface area contributed by atoms with Crippen molar-refractivity contribution in [3.8, 4) is 11.3 Å². The van der Waals surface area contributed by atoms with Crippen molar-refractivity contribution >= 4 is 34.7 Å². The molecule has 0 spiro atoms. The normalized spacial score (nSPS) is 18.3. The summed E-state index contributed by atoms with van der Waals surface area (Å²) in [6, 6.07) is 2.45. The molecule has 0 unspecified atom stereocenters. The Kier molecular flexibility index (Phi) is 7.23. The van der Waals surface area contributed by atoms with Crippen molar-refractivity contribution in [3.05, 3.63) is 31.0 Å². The molecule has 0 atom stereocenters.